The summed E-state index contributed by atoms with van der Waals surface area (Å²) in [4.78, 5) is 22.4. The van der Waals surface area contributed by atoms with Crippen LogP contribution in [0.1, 0.15) is 51.9 Å². The summed E-state index contributed by atoms with van der Waals surface area (Å²) >= 11 is 0. The van der Waals surface area contributed by atoms with Gasteiger partial charge in [-0.15, -0.1) is 0 Å². The van der Waals surface area contributed by atoms with Crippen LogP contribution in [-0.4, -0.2) is 25.5 Å². The number of benzene rings is 1. The largest absolute Gasteiger partial charge is 0.273 e. The van der Waals surface area contributed by atoms with Crippen LogP contribution in [-0.2, 0) is 14.8 Å². The molecule has 0 saturated heterocycles. The van der Waals surface area contributed by atoms with Crippen molar-refractivity contribution in [1.29, 1.82) is 0 Å². The van der Waals surface area contributed by atoms with Crippen molar-refractivity contribution < 1.29 is 18.1 Å². The average molecular weight is 356 g/mol. The molecule has 0 atom stereocenters. The third kappa shape index (κ3) is 6.27. The van der Waals surface area contributed by atoms with Crippen LogP contribution in [0.15, 0.2) is 24.3 Å². The van der Waals surface area contributed by atoms with Crippen LogP contribution in [0, 0.1) is 10.1 Å². The summed E-state index contributed by atoms with van der Waals surface area (Å²) in [5, 5.41) is 10.7. The van der Waals surface area contributed by atoms with Gasteiger partial charge in [0.1, 0.15) is 0 Å². The number of carbonyl (C=O) groups excluding carboxylic acids is 1. The molecule has 0 N–H and O–H groups in total. The number of nitro benzene ring substituents is 1. The summed E-state index contributed by atoms with van der Waals surface area (Å²) in [7, 11) is -3.79. The molecule has 0 aliphatic rings. The van der Waals surface area contributed by atoms with Gasteiger partial charge in [-0.1, -0.05) is 39.0 Å². The summed E-state index contributed by atoms with van der Waals surface area (Å²) in [6, 6.07) is 4.92. The normalized spacial score (nSPS) is 11.2. The van der Waals surface area contributed by atoms with Gasteiger partial charge in [0, 0.05) is 18.6 Å². The predicted molar refractivity (Wildman–Crippen MR) is 93.4 cm³/mol. The number of nitrogens with zero attached hydrogens (tertiary/aromatic N) is 2. The van der Waals surface area contributed by atoms with E-state index in [-0.39, 0.29) is 17.8 Å². The van der Waals surface area contributed by atoms with Gasteiger partial charge in [0.05, 0.1) is 16.9 Å². The quantitative estimate of drug-likeness (QED) is 0.362. The Morgan fingerprint density at radius 2 is 1.62 bits per heavy atom. The first-order valence-corrected chi connectivity index (χ1v) is 9.89. The van der Waals surface area contributed by atoms with E-state index < -0.39 is 20.9 Å². The maximum atomic E-state index is 12.3. The second kappa shape index (κ2) is 9.36. The highest BCUT2D eigenvalue weighted by Gasteiger charge is 2.25. The Kier molecular flexibility index (Phi) is 7.84. The summed E-state index contributed by atoms with van der Waals surface area (Å²) in [6.45, 7) is 2.12. The van der Waals surface area contributed by atoms with Crippen molar-refractivity contribution in [3.05, 3.63) is 34.4 Å². The molecule has 7 nitrogen and oxygen atoms in total. The third-order valence-electron chi connectivity index (χ3n) is 3.60. The van der Waals surface area contributed by atoms with Crippen molar-refractivity contribution in [2.75, 3.05) is 10.6 Å². The molecule has 0 saturated carbocycles. The van der Waals surface area contributed by atoms with E-state index >= 15 is 0 Å². The zero-order chi connectivity index (χ0) is 18.2. The number of hydrogen-bond acceptors (Lipinski definition) is 5. The van der Waals surface area contributed by atoms with E-state index in [9.17, 15) is 23.3 Å². The van der Waals surface area contributed by atoms with E-state index in [1.807, 2.05) is 0 Å². The smallest absolute Gasteiger partial charge is 0.269 e. The van der Waals surface area contributed by atoms with Crippen molar-refractivity contribution in [3.63, 3.8) is 0 Å². The van der Waals surface area contributed by atoms with Crippen LogP contribution >= 0.6 is 0 Å². The van der Waals surface area contributed by atoms with E-state index in [0.717, 1.165) is 42.7 Å². The molecule has 0 bridgehead atoms. The van der Waals surface area contributed by atoms with Gasteiger partial charge in [0.25, 0.3) is 5.69 Å². The molecule has 0 aliphatic carbocycles. The summed E-state index contributed by atoms with van der Waals surface area (Å²) in [5.41, 5.74) is -0.0327. The molecule has 24 heavy (non-hydrogen) atoms. The fraction of sp³-hybridized carbons (Fsp3) is 0.562. The molecule has 0 fully saturated rings. The first-order chi connectivity index (χ1) is 11.3. The molecule has 0 heterocycles. The molecule has 0 aromatic heterocycles. The number of rotatable bonds is 10. The van der Waals surface area contributed by atoms with Gasteiger partial charge >= 0.3 is 0 Å². The lowest BCUT2D eigenvalue weighted by molar-refractivity contribution is -0.384. The van der Waals surface area contributed by atoms with Crippen molar-refractivity contribution in [1.82, 2.24) is 0 Å². The lowest BCUT2D eigenvalue weighted by Crippen LogP contribution is -2.36. The summed E-state index contributed by atoms with van der Waals surface area (Å²) in [6.07, 6.45) is 7.03. The van der Waals surface area contributed by atoms with Crippen LogP contribution in [0.4, 0.5) is 11.4 Å². The zero-order valence-corrected chi connectivity index (χ0v) is 14.9. The molecule has 1 aromatic carbocycles. The molecule has 0 radical (unpaired) electrons. The number of non-ortho nitro benzene ring substituents is 1. The molecule has 0 spiro atoms. The number of amides is 1. The van der Waals surface area contributed by atoms with Gasteiger partial charge in [0.15, 0.2) is 0 Å². The van der Waals surface area contributed by atoms with Crippen molar-refractivity contribution in [3.8, 4) is 0 Å². The third-order valence-corrected chi connectivity index (χ3v) is 4.68. The maximum Gasteiger partial charge on any atom is 0.269 e. The van der Waals surface area contributed by atoms with Crippen LogP contribution in [0.25, 0.3) is 0 Å². The number of unbranched alkanes of at least 4 members (excludes halogenated alkanes) is 5. The van der Waals surface area contributed by atoms with Crippen molar-refractivity contribution in [2.24, 2.45) is 0 Å². The lowest BCUT2D eigenvalue weighted by atomic mass is 10.1. The monoisotopic (exact) mass is 356 g/mol. The molecule has 0 unspecified atom stereocenters. The highest BCUT2D eigenvalue weighted by atomic mass is 32.2. The minimum Gasteiger partial charge on any atom is -0.273 e. The Morgan fingerprint density at radius 3 is 2.12 bits per heavy atom. The van der Waals surface area contributed by atoms with Crippen LogP contribution in [0.2, 0.25) is 0 Å². The molecule has 1 aromatic rings. The zero-order valence-electron chi connectivity index (χ0n) is 14.1. The van der Waals surface area contributed by atoms with E-state index in [2.05, 4.69) is 6.92 Å². The van der Waals surface area contributed by atoms with Gasteiger partial charge in [-0.25, -0.2) is 12.7 Å². The fourth-order valence-electron chi connectivity index (χ4n) is 2.39. The number of sulfonamides is 1. The Labute approximate surface area is 142 Å². The highest BCUT2D eigenvalue weighted by Crippen LogP contribution is 2.23. The number of hydrogen-bond donors (Lipinski definition) is 0. The van der Waals surface area contributed by atoms with Gasteiger partial charge in [-0.05, 0) is 18.6 Å². The van der Waals surface area contributed by atoms with Crippen LogP contribution in [0.3, 0.4) is 0 Å². The molecule has 1 amide bonds. The number of carbonyl (C=O) groups is 1. The van der Waals surface area contributed by atoms with E-state index in [1.54, 1.807) is 0 Å². The fourth-order valence-corrected chi connectivity index (χ4v) is 3.35. The Hall–Kier alpha value is -1.96. The van der Waals surface area contributed by atoms with Crippen molar-refractivity contribution >= 4 is 27.3 Å². The molecular formula is C16H24N2O5S. The van der Waals surface area contributed by atoms with E-state index in [4.69, 9.17) is 0 Å². The highest BCUT2D eigenvalue weighted by molar-refractivity contribution is 7.92. The molecular weight excluding hydrogens is 332 g/mol. The van der Waals surface area contributed by atoms with E-state index in [1.165, 1.54) is 24.3 Å². The second-order valence-corrected chi connectivity index (χ2v) is 7.54. The Balaban J connectivity index is 2.75. The SMILES string of the molecule is CCCCCCCCC(=O)N(c1ccc([N+](=O)[O-])cc1)S(C)(=O)=O. The Bertz CT molecular complexity index is 656. The van der Waals surface area contributed by atoms with Gasteiger partial charge in [0.2, 0.25) is 15.9 Å². The average Bonchev–Trinajstić information content (AvgIpc) is 2.50. The van der Waals surface area contributed by atoms with E-state index in [0.29, 0.717) is 6.42 Å². The van der Waals surface area contributed by atoms with Crippen LogP contribution < -0.4 is 4.31 Å². The first-order valence-electron chi connectivity index (χ1n) is 8.05. The number of anilines is 1. The summed E-state index contributed by atoms with van der Waals surface area (Å²) in [5.74, 6) is -0.512. The maximum absolute atomic E-state index is 12.3. The van der Waals surface area contributed by atoms with Gasteiger partial charge in [-0.3, -0.25) is 14.9 Å². The molecule has 134 valence electrons. The van der Waals surface area contributed by atoms with Gasteiger partial charge in [-0.2, -0.15) is 0 Å². The van der Waals surface area contributed by atoms with Gasteiger partial charge < -0.3 is 0 Å². The summed E-state index contributed by atoms with van der Waals surface area (Å²) < 4.78 is 24.6. The topological polar surface area (TPSA) is 97.6 Å². The molecule has 8 heteroatoms. The standard InChI is InChI=1S/C16H24N2O5S/c1-3-4-5-6-7-8-9-16(19)17(24(2,22)23)14-10-12-15(13-11-14)18(20)21/h10-13H,3-9H2,1-2H3. The minimum absolute atomic E-state index is 0.124. The predicted octanol–water partition coefficient (Wildman–Crippen LogP) is 3.64. The molecule has 1 rings (SSSR count). The minimum atomic E-state index is -3.79. The van der Waals surface area contributed by atoms with Crippen LogP contribution in [0.5, 0.6) is 0 Å². The number of nitro groups is 1. The second-order valence-electron chi connectivity index (χ2n) is 5.71. The Morgan fingerprint density at radius 1 is 1.08 bits per heavy atom. The van der Waals surface area contributed by atoms with Crippen molar-refractivity contribution in [2.45, 2.75) is 51.9 Å². The first kappa shape index (κ1) is 20.1. The lowest BCUT2D eigenvalue weighted by Gasteiger charge is -2.20. The molecule has 0 aliphatic heterocycles.